The molecule has 0 radical (unpaired) electrons. The maximum Gasteiger partial charge on any atom is 0.330 e. The molecule has 1 N–H and O–H groups in total. The van der Waals surface area contributed by atoms with E-state index < -0.39 is 49.8 Å². The van der Waals surface area contributed by atoms with E-state index in [1.54, 1.807) is 14.2 Å². The number of aromatic amines is 1. The number of nitrogens with zero attached hydrogens (tertiary/aromatic N) is 3. The Morgan fingerprint density at radius 1 is 0.948 bits per heavy atom. The summed E-state index contributed by atoms with van der Waals surface area (Å²) in [6.07, 6.45) is 1.62. The number of nitrogens with one attached hydrogen (secondary N) is 1. The number of hydrogen-bond acceptors (Lipinski definition) is 12. The van der Waals surface area contributed by atoms with Crippen molar-refractivity contribution < 1.29 is 37.5 Å². The second-order valence-electron chi connectivity index (χ2n) is 14.0. The van der Waals surface area contributed by atoms with Gasteiger partial charge < -0.3 is 32.7 Å². The molecule has 0 spiro atoms. The van der Waals surface area contributed by atoms with E-state index in [9.17, 15) is 19.6 Å². The third-order valence-corrected chi connectivity index (χ3v) is 11.8. The maximum absolute atomic E-state index is 13.4. The van der Waals surface area contributed by atoms with Crippen LogP contribution in [0.15, 0.2) is 101 Å². The zero-order valence-electron chi connectivity index (χ0n) is 33.8. The molecule has 1 fully saturated rings. The van der Waals surface area contributed by atoms with Gasteiger partial charge >= 0.3 is 11.7 Å². The highest BCUT2D eigenvalue weighted by molar-refractivity contribution is 7.44. The Morgan fingerprint density at radius 2 is 1.53 bits per heavy atom. The number of aromatic nitrogens is 2. The average Bonchev–Trinajstić information content (AvgIpc) is 3.62. The Bertz CT molecular complexity index is 2080. The van der Waals surface area contributed by atoms with Crippen LogP contribution in [0, 0.1) is 11.3 Å². The number of benzene rings is 3. The standard InChI is InChI=1S/C43H51N4O10P/c1-29(2)47(30(3)4)58(55-25-11-24-44)57-37-26-39(46-27-31(14-23-40(48)53-7)41(49)45-42(46)50)56-38(37)28-54-43(32-12-9-8-10-13-32,33-15-19-35(51-5)20-16-33)34-17-21-36(52-6)22-18-34/h8-10,12-23,27,29-30,37-39H,11,25-26,28H2,1-7H3,(H,45,49,50)/b23-14+. The van der Waals surface area contributed by atoms with Gasteiger partial charge in [0.2, 0.25) is 0 Å². The highest BCUT2D eigenvalue weighted by Gasteiger charge is 2.45. The Kier molecular flexibility index (Phi) is 15.6. The Labute approximate surface area is 339 Å². The normalized spacial score (nSPS) is 17.5. The van der Waals surface area contributed by atoms with E-state index in [-0.39, 0.29) is 43.7 Å². The number of rotatable bonds is 19. The van der Waals surface area contributed by atoms with E-state index in [0.29, 0.717) is 11.5 Å². The van der Waals surface area contributed by atoms with Crippen LogP contribution in [0.4, 0.5) is 0 Å². The van der Waals surface area contributed by atoms with Crippen LogP contribution >= 0.6 is 8.53 Å². The van der Waals surface area contributed by atoms with Crippen LogP contribution in [0.5, 0.6) is 11.5 Å². The van der Waals surface area contributed by atoms with E-state index in [1.807, 2.05) is 107 Å². The van der Waals surface area contributed by atoms with Gasteiger partial charge in [-0.05, 0) is 74.7 Å². The summed E-state index contributed by atoms with van der Waals surface area (Å²) in [5.74, 6) is 0.681. The third-order valence-electron chi connectivity index (χ3n) is 9.61. The molecule has 0 saturated carbocycles. The van der Waals surface area contributed by atoms with Crippen molar-refractivity contribution in [3.63, 3.8) is 0 Å². The Morgan fingerprint density at radius 3 is 2.07 bits per heavy atom. The van der Waals surface area contributed by atoms with E-state index in [2.05, 4.69) is 20.5 Å². The number of carbonyl (C=O) groups is 1. The number of hydrogen-bond donors (Lipinski definition) is 1. The Hall–Kier alpha value is -5.13. The molecule has 0 amide bonds. The van der Waals surface area contributed by atoms with Crippen molar-refractivity contribution in [2.24, 2.45) is 0 Å². The zero-order chi connectivity index (χ0) is 41.8. The monoisotopic (exact) mass is 814 g/mol. The molecule has 5 rings (SSSR count). The Balaban J connectivity index is 1.62. The lowest BCUT2D eigenvalue weighted by Gasteiger charge is -2.39. The van der Waals surface area contributed by atoms with E-state index in [1.165, 1.54) is 23.9 Å². The summed E-state index contributed by atoms with van der Waals surface area (Å²) in [5, 5.41) is 9.34. The van der Waals surface area contributed by atoms with Crippen LogP contribution in [-0.4, -0.2) is 79.0 Å². The largest absolute Gasteiger partial charge is 0.497 e. The van der Waals surface area contributed by atoms with Gasteiger partial charge in [0.1, 0.15) is 29.4 Å². The van der Waals surface area contributed by atoms with E-state index in [0.717, 1.165) is 22.8 Å². The maximum atomic E-state index is 13.4. The molecule has 3 aromatic carbocycles. The fourth-order valence-electron chi connectivity index (χ4n) is 6.88. The number of ether oxygens (including phenoxy) is 5. The van der Waals surface area contributed by atoms with Crippen molar-refractivity contribution in [3.05, 3.63) is 134 Å². The van der Waals surface area contributed by atoms with Crippen molar-refractivity contribution in [1.82, 2.24) is 14.2 Å². The van der Waals surface area contributed by atoms with Crippen LogP contribution in [0.3, 0.4) is 0 Å². The first-order valence-electron chi connectivity index (χ1n) is 19.0. The molecule has 1 saturated heterocycles. The van der Waals surface area contributed by atoms with Crippen molar-refractivity contribution >= 4 is 20.6 Å². The van der Waals surface area contributed by atoms with Crippen molar-refractivity contribution in [2.45, 2.75) is 76.7 Å². The molecule has 4 atom stereocenters. The molecule has 14 nitrogen and oxygen atoms in total. The fraction of sp³-hybridized carbons (Fsp3) is 0.395. The second-order valence-corrected chi connectivity index (χ2v) is 15.4. The minimum atomic E-state index is -1.74. The van der Waals surface area contributed by atoms with E-state index >= 15 is 0 Å². The number of esters is 1. The van der Waals surface area contributed by atoms with Gasteiger partial charge in [-0.3, -0.25) is 14.3 Å². The second kappa shape index (κ2) is 20.5. The molecule has 0 aliphatic carbocycles. The van der Waals surface area contributed by atoms with Gasteiger partial charge in [0.05, 0.1) is 58.7 Å². The summed E-state index contributed by atoms with van der Waals surface area (Å²) >= 11 is 0. The lowest BCUT2D eigenvalue weighted by molar-refractivity contribution is -0.134. The molecular formula is C43H51N4O10P. The van der Waals surface area contributed by atoms with Crippen LogP contribution in [-0.2, 0) is 33.7 Å². The lowest BCUT2D eigenvalue weighted by atomic mass is 9.80. The van der Waals surface area contributed by atoms with Gasteiger partial charge in [-0.15, -0.1) is 0 Å². The predicted octanol–water partition coefficient (Wildman–Crippen LogP) is 6.70. The minimum Gasteiger partial charge on any atom is -0.497 e. The van der Waals surface area contributed by atoms with Crippen LogP contribution < -0.4 is 20.7 Å². The quantitative estimate of drug-likeness (QED) is 0.0351. The first kappa shape index (κ1) is 44.0. The molecule has 15 heteroatoms. The lowest BCUT2D eigenvalue weighted by Crippen LogP contribution is -2.39. The van der Waals surface area contributed by atoms with Crippen molar-refractivity contribution in [2.75, 3.05) is 34.5 Å². The molecule has 4 unspecified atom stereocenters. The molecule has 308 valence electrons. The van der Waals surface area contributed by atoms with Gasteiger partial charge in [0, 0.05) is 30.8 Å². The average molecular weight is 815 g/mol. The number of carbonyl (C=O) groups excluding carboxylic acids is 1. The van der Waals surface area contributed by atoms with Crippen molar-refractivity contribution in [3.8, 4) is 17.6 Å². The van der Waals surface area contributed by atoms with Crippen molar-refractivity contribution in [1.29, 1.82) is 5.26 Å². The zero-order valence-corrected chi connectivity index (χ0v) is 34.7. The summed E-state index contributed by atoms with van der Waals surface area (Å²) in [6, 6.07) is 27.3. The van der Waals surface area contributed by atoms with Gasteiger partial charge in [0.15, 0.2) is 0 Å². The summed E-state index contributed by atoms with van der Waals surface area (Å²) in [6.45, 7) is 8.29. The molecule has 1 aliphatic rings. The first-order valence-corrected chi connectivity index (χ1v) is 20.1. The van der Waals surface area contributed by atoms with Crippen LogP contribution in [0.1, 0.15) is 69.0 Å². The molecule has 2 heterocycles. The van der Waals surface area contributed by atoms with E-state index in [4.69, 9.17) is 28.0 Å². The molecular weight excluding hydrogens is 763 g/mol. The van der Waals surface area contributed by atoms with Gasteiger partial charge in [-0.25, -0.2) is 14.3 Å². The minimum absolute atomic E-state index is 0.0165. The smallest absolute Gasteiger partial charge is 0.330 e. The van der Waals surface area contributed by atoms with Gasteiger partial charge in [-0.2, -0.15) is 5.26 Å². The summed E-state index contributed by atoms with van der Waals surface area (Å²) in [5.41, 5.74) is -0.0869. The molecule has 1 aliphatic heterocycles. The molecule has 0 bridgehead atoms. The SMILES string of the molecule is COC(=O)/C=C/c1cn(C2CC(OP(OCCC#N)N(C(C)C)C(C)C)C(COC(c3ccccc3)(c3ccc(OC)cc3)c3ccc(OC)cc3)O2)c(=O)[nH]c1=O. The van der Waals surface area contributed by atoms with Crippen LogP contribution in [0.25, 0.3) is 6.08 Å². The number of H-pyrrole nitrogens is 1. The highest BCUT2D eigenvalue weighted by atomic mass is 31.2. The molecule has 4 aromatic rings. The number of methoxy groups -OCH3 is 3. The molecule has 58 heavy (non-hydrogen) atoms. The van der Waals surface area contributed by atoms with Gasteiger partial charge in [-0.1, -0.05) is 54.6 Å². The summed E-state index contributed by atoms with van der Waals surface area (Å²) < 4.78 is 46.2. The number of nitriles is 1. The van der Waals surface area contributed by atoms with Gasteiger partial charge in [0.25, 0.3) is 14.1 Å². The summed E-state index contributed by atoms with van der Waals surface area (Å²) in [7, 11) is 2.70. The highest BCUT2D eigenvalue weighted by Crippen LogP contribution is 2.50. The topological polar surface area (TPSA) is 164 Å². The first-order chi connectivity index (χ1) is 27.9. The summed E-state index contributed by atoms with van der Waals surface area (Å²) in [4.78, 5) is 40.4. The third kappa shape index (κ3) is 10.3. The predicted molar refractivity (Wildman–Crippen MR) is 219 cm³/mol. The fourth-order valence-corrected chi connectivity index (χ4v) is 8.64. The molecule has 1 aromatic heterocycles. The van der Waals surface area contributed by atoms with Crippen LogP contribution in [0.2, 0.25) is 0 Å².